The predicted octanol–water partition coefficient (Wildman–Crippen LogP) is 3.05. The first kappa shape index (κ1) is 18.5. The number of amides is 1. The minimum Gasteiger partial charge on any atom is -0.482 e. The van der Waals surface area contributed by atoms with E-state index in [9.17, 15) is 9.59 Å². The highest BCUT2D eigenvalue weighted by molar-refractivity contribution is 5.85. The number of rotatable bonds is 6. The van der Waals surface area contributed by atoms with Crippen molar-refractivity contribution in [2.75, 3.05) is 20.7 Å². The highest BCUT2D eigenvalue weighted by atomic mass is 16.6. The second kappa shape index (κ2) is 8.33. The number of likely N-dealkylation sites (N-methyl/N-ethyl adjacent to an activating group) is 1. The number of carbonyl (C=O) groups excluding carboxylic acids is 2. The van der Waals surface area contributed by atoms with Crippen molar-refractivity contribution in [3.63, 3.8) is 0 Å². The third-order valence-electron chi connectivity index (χ3n) is 3.85. The molecule has 0 spiro atoms. The zero-order valence-corrected chi connectivity index (χ0v) is 15.0. The van der Waals surface area contributed by atoms with Gasteiger partial charge in [-0.15, -0.1) is 0 Å². The van der Waals surface area contributed by atoms with Gasteiger partial charge in [-0.3, -0.25) is 4.79 Å². The van der Waals surface area contributed by atoms with Gasteiger partial charge in [0.1, 0.15) is 5.75 Å². The molecule has 5 nitrogen and oxygen atoms in total. The molecule has 1 atom stereocenters. The summed E-state index contributed by atoms with van der Waals surface area (Å²) in [5.74, 6) is -0.303. The Morgan fingerprint density at radius 2 is 1.68 bits per heavy atom. The van der Waals surface area contributed by atoms with Crippen LogP contribution >= 0.6 is 0 Å². The van der Waals surface area contributed by atoms with Crippen LogP contribution < -0.4 is 4.74 Å². The molecule has 0 saturated heterocycles. The van der Waals surface area contributed by atoms with E-state index < -0.39 is 12.1 Å². The Balaban J connectivity index is 2.04. The molecule has 0 aliphatic heterocycles. The van der Waals surface area contributed by atoms with Crippen molar-refractivity contribution in [3.05, 3.63) is 65.2 Å². The summed E-state index contributed by atoms with van der Waals surface area (Å²) >= 11 is 0. The number of aryl methyl sites for hydroxylation is 2. The first-order valence-electron chi connectivity index (χ1n) is 8.04. The van der Waals surface area contributed by atoms with Gasteiger partial charge >= 0.3 is 5.97 Å². The van der Waals surface area contributed by atoms with Crippen LogP contribution in [0.15, 0.2) is 48.5 Å². The third-order valence-corrected chi connectivity index (χ3v) is 3.85. The number of benzene rings is 2. The van der Waals surface area contributed by atoms with E-state index >= 15 is 0 Å². The lowest BCUT2D eigenvalue weighted by molar-refractivity contribution is -0.161. The molecule has 0 saturated carbocycles. The summed E-state index contributed by atoms with van der Waals surface area (Å²) in [5.41, 5.74) is 2.85. The van der Waals surface area contributed by atoms with Crippen molar-refractivity contribution in [2.45, 2.75) is 20.0 Å². The highest BCUT2D eigenvalue weighted by Gasteiger charge is 2.26. The average Bonchev–Trinajstić information content (AvgIpc) is 2.60. The molecule has 25 heavy (non-hydrogen) atoms. The molecule has 0 aromatic heterocycles. The normalized spacial score (nSPS) is 11.5. The lowest BCUT2D eigenvalue weighted by Gasteiger charge is -2.21. The van der Waals surface area contributed by atoms with E-state index in [1.54, 1.807) is 44.4 Å². The molecule has 0 unspecified atom stereocenters. The number of ether oxygens (including phenoxy) is 2. The van der Waals surface area contributed by atoms with E-state index in [0.717, 1.165) is 11.1 Å². The maximum Gasteiger partial charge on any atom is 0.345 e. The average molecular weight is 341 g/mol. The summed E-state index contributed by atoms with van der Waals surface area (Å²) in [4.78, 5) is 25.9. The van der Waals surface area contributed by atoms with Crippen LogP contribution in [0.2, 0.25) is 0 Å². The molecular formula is C20H23NO4. The molecule has 0 aliphatic rings. The Kier molecular flexibility index (Phi) is 6.17. The van der Waals surface area contributed by atoms with Gasteiger partial charge in [0.25, 0.3) is 5.91 Å². The molecule has 132 valence electrons. The molecule has 0 fully saturated rings. The van der Waals surface area contributed by atoms with Crippen LogP contribution in [0.3, 0.4) is 0 Å². The largest absolute Gasteiger partial charge is 0.482 e. The molecule has 0 heterocycles. The summed E-state index contributed by atoms with van der Waals surface area (Å²) < 4.78 is 10.9. The zero-order valence-electron chi connectivity index (χ0n) is 15.0. The van der Waals surface area contributed by atoms with Crippen molar-refractivity contribution in [1.29, 1.82) is 0 Å². The minimum absolute atomic E-state index is 0.257. The van der Waals surface area contributed by atoms with Gasteiger partial charge in [-0.05, 0) is 37.1 Å². The fourth-order valence-corrected chi connectivity index (χ4v) is 2.23. The fraction of sp³-hybridized carbons (Fsp3) is 0.300. The van der Waals surface area contributed by atoms with Crippen molar-refractivity contribution in [1.82, 2.24) is 4.90 Å². The van der Waals surface area contributed by atoms with E-state index in [1.165, 1.54) is 4.90 Å². The Labute approximate surface area is 148 Å². The van der Waals surface area contributed by atoms with Crippen LogP contribution in [0.25, 0.3) is 0 Å². The zero-order chi connectivity index (χ0) is 18.4. The van der Waals surface area contributed by atoms with Crippen LogP contribution in [0, 0.1) is 13.8 Å². The number of hydrogen-bond acceptors (Lipinski definition) is 4. The maximum absolute atomic E-state index is 12.3. The van der Waals surface area contributed by atoms with Crippen molar-refractivity contribution >= 4 is 11.9 Å². The predicted molar refractivity (Wildman–Crippen MR) is 95.4 cm³/mol. The number of esters is 1. The number of hydrogen-bond donors (Lipinski definition) is 0. The maximum atomic E-state index is 12.3. The molecule has 0 N–H and O–H groups in total. The molecule has 0 bridgehead atoms. The van der Waals surface area contributed by atoms with Crippen LogP contribution in [-0.2, 0) is 14.3 Å². The van der Waals surface area contributed by atoms with Gasteiger partial charge in [0.2, 0.25) is 6.10 Å². The van der Waals surface area contributed by atoms with Gasteiger partial charge in [0.15, 0.2) is 6.61 Å². The van der Waals surface area contributed by atoms with Crippen molar-refractivity contribution in [3.8, 4) is 5.75 Å². The minimum atomic E-state index is -0.980. The first-order chi connectivity index (χ1) is 11.9. The molecule has 2 aromatic rings. The van der Waals surface area contributed by atoms with Gasteiger partial charge < -0.3 is 14.4 Å². The summed E-state index contributed by atoms with van der Waals surface area (Å²) in [7, 11) is 3.25. The highest BCUT2D eigenvalue weighted by Crippen LogP contribution is 2.20. The Bertz CT molecular complexity index is 741. The van der Waals surface area contributed by atoms with Gasteiger partial charge in [-0.2, -0.15) is 0 Å². The summed E-state index contributed by atoms with van der Waals surface area (Å²) in [6, 6.07) is 14.5. The Hall–Kier alpha value is -2.82. The number of carbonyl (C=O) groups is 2. The molecule has 0 radical (unpaired) electrons. The second-order valence-corrected chi connectivity index (χ2v) is 6.05. The SMILES string of the molecule is Cc1ccc(OCC(=O)O[C@H](C(=O)N(C)C)c2ccccc2)cc1C. The van der Waals surface area contributed by atoms with E-state index in [-0.39, 0.29) is 12.5 Å². The van der Waals surface area contributed by atoms with E-state index in [0.29, 0.717) is 11.3 Å². The fourth-order valence-electron chi connectivity index (χ4n) is 2.23. The third kappa shape index (κ3) is 5.08. The van der Waals surface area contributed by atoms with Gasteiger partial charge in [0.05, 0.1) is 0 Å². The quantitative estimate of drug-likeness (QED) is 0.758. The molecule has 1 amide bonds. The molecule has 2 rings (SSSR count). The van der Waals surface area contributed by atoms with Crippen LogP contribution in [-0.4, -0.2) is 37.5 Å². The van der Waals surface area contributed by atoms with Gasteiger partial charge in [0, 0.05) is 19.7 Å². The summed E-state index contributed by atoms with van der Waals surface area (Å²) in [6.07, 6.45) is -0.980. The Morgan fingerprint density at radius 3 is 2.28 bits per heavy atom. The lowest BCUT2D eigenvalue weighted by atomic mass is 10.1. The van der Waals surface area contributed by atoms with Crippen LogP contribution in [0.5, 0.6) is 5.75 Å². The van der Waals surface area contributed by atoms with Crippen LogP contribution in [0.1, 0.15) is 22.8 Å². The van der Waals surface area contributed by atoms with Gasteiger partial charge in [-0.25, -0.2) is 4.79 Å². The van der Waals surface area contributed by atoms with Gasteiger partial charge in [-0.1, -0.05) is 36.4 Å². The molecular weight excluding hydrogens is 318 g/mol. The van der Waals surface area contributed by atoms with Crippen LogP contribution in [0.4, 0.5) is 0 Å². The first-order valence-corrected chi connectivity index (χ1v) is 8.04. The lowest BCUT2D eigenvalue weighted by Crippen LogP contribution is -2.32. The number of nitrogens with zero attached hydrogens (tertiary/aromatic N) is 1. The Morgan fingerprint density at radius 1 is 1.00 bits per heavy atom. The van der Waals surface area contributed by atoms with Crippen molar-refractivity contribution in [2.24, 2.45) is 0 Å². The summed E-state index contributed by atoms with van der Waals surface area (Å²) in [5, 5.41) is 0. The second-order valence-electron chi connectivity index (χ2n) is 6.05. The molecule has 0 aliphatic carbocycles. The topological polar surface area (TPSA) is 55.8 Å². The van der Waals surface area contributed by atoms with Crippen molar-refractivity contribution < 1.29 is 19.1 Å². The molecule has 5 heteroatoms. The van der Waals surface area contributed by atoms with E-state index in [1.807, 2.05) is 32.0 Å². The standard InChI is InChI=1S/C20H23NO4/c1-14-10-11-17(12-15(14)2)24-13-18(22)25-19(20(23)21(3)4)16-8-6-5-7-9-16/h5-12,19H,13H2,1-4H3/t19-/m0/s1. The van der Waals surface area contributed by atoms with E-state index in [2.05, 4.69) is 0 Å². The smallest absolute Gasteiger partial charge is 0.345 e. The monoisotopic (exact) mass is 341 g/mol. The summed E-state index contributed by atoms with van der Waals surface area (Å²) in [6.45, 7) is 3.72. The molecule has 2 aromatic carbocycles. The van der Waals surface area contributed by atoms with E-state index in [4.69, 9.17) is 9.47 Å².